The Morgan fingerprint density at radius 2 is 1.78 bits per heavy atom. The standard InChI is InChI=1S/C18H27N3O2/c1-5-7-8-14(3)21(6-2)13-18(23)20-17-11-9-16(10-12-17)19-15(4)22/h5,9-12,14H,1,6-8,13H2,2-4H3,(H,19,22)(H,20,23). The smallest absolute Gasteiger partial charge is 0.238 e. The molecule has 0 radical (unpaired) electrons. The topological polar surface area (TPSA) is 61.4 Å². The number of benzene rings is 1. The van der Waals surface area contributed by atoms with Gasteiger partial charge in [-0.1, -0.05) is 13.0 Å². The van der Waals surface area contributed by atoms with E-state index in [0.29, 0.717) is 18.3 Å². The third-order valence-corrected chi connectivity index (χ3v) is 3.65. The Morgan fingerprint density at radius 1 is 1.22 bits per heavy atom. The van der Waals surface area contributed by atoms with Crippen molar-refractivity contribution in [2.24, 2.45) is 0 Å². The van der Waals surface area contributed by atoms with Crippen LogP contribution in [0.5, 0.6) is 0 Å². The van der Waals surface area contributed by atoms with Gasteiger partial charge in [0.15, 0.2) is 0 Å². The molecule has 0 spiro atoms. The summed E-state index contributed by atoms with van der Waals surface area (Å²) in [6.07, 6.45) is 3.85. The molecule has 1 aromatic carbocycles. The number of nitrogens with one attached hydrogen (secondary N) is 2. The number of carbonyl (C=O) groups excluding carboxylic acids is 2. The molecule has 126 valence electrons. The molecule has 2 N–H and O–H groups in total. The van der Waals surface area contributed by atoms with Gasteiger partial charge >= 0.3 is 0 Å². The van der Waals surface area contributed by atoms with Crippen LogP contribution in [0.2, 0.25) is 0 Å². The molecule has 0 fully saturated rings. The highest BCUT2D eigenvalue weighted by Gasteiger charge is 2.15. The summed E-state index contributed by atoms with van der Waals surface area (Å²) in [6, 6.07) is 7.43. The first kappa shape index (κ1) is 18.9. The molecule has 0 aliphatic rings. The summed E-state index contributed by atoms with van der Waals surface area (Å²) in [5.74, 6) is -0.154. The summed E-state index contributed by atoms with van der Waals surface area (Å²) in [7, 11) is 0. The Bertz CT molecular complexity index is 526. The molecule has 0 bridgehead atoms. The van der Waals surface area contributed by atoms with Crippen LogP contribution in [0.25, 0.3) is 0 Å². The second-order valence-corrected chi connectivity index (χ2v) is 5.58. The van der Waals surface area contributed by atoms with E-state index in [1.54, 1.807) is 24.3 Å². The molecule has 0 aliphatic carbocycles. The molecule has 1 atom stereocenters. The molecule has 2 amide bonds. The van der Waals surface area contributed by atoms with Crippen LogP contribution in [0.15, 0.2) is 36.9 Å². The normalized spacial score (nSPS) is 11.8. The van der Waals surface area contributed by atoms with Gasteiger partial charge in [-0.3, -0.25) is 14.5 Å². The second kappa shape index (κ2) is 9.79. The summed E-state index contributed by atoms with van der Waals surface area (Å²) >= 11 is 0. The highest BCUT2D eigenvalue weighted by atomic mass is 16.2. The Kier molecular flexibility index (Phi) is 8.05. The van der Waals surface area contributed by atoms with Crippen molar-refractivity contribution in [3.63, 3.8) is 0 Å². The van der Waals surface area contributed by atoms with Gasteiger partial charge < -0.3 is 10.6 Å². The summed E-state index contributed by atoms with van der Waals surface area (Å²) < 4.78 is 0. The van der Waals surface area contributed by atoms with Crippen molar-refractivity contribution in [3.05, 3.63) is 36.9 Å². The minimum atomic E-state index is -0.117. The maximum atomic E-state index is 12.2. The zero-order valence-corrected chi connectivity index (χ0v) is 14.3. The van der Waals surface area contributed by atoms with Crippen LogP contribution in [-0.4, -0.2) is 35.8 Å². The first-order chi connectivity index (χ1) is 11.0. The van der Waals surface area contributed by atoms with Gasteiger partial charge in [0.25, 0.3) is 0 Å². The monoisotopic (exact) mass is 317 g/mol. The Hall–Kier alpha value is -2.14. The van der Waals surface area contributed by atoms with E-state index in [1.807, 2.05) is 6.08 Å². The molecule has 5 nitrogen and oxygen atoms in total. The molecular weight excluding hydrogens is 290 g/mol. The lowest BCUT2D eigenvalue weighted by molar-refractivity contribution is -0.118. The minimum Gasteiger partial charge on any atom is -0.326 e. The van der Waals surface area contributed by atoms with Crippen LogP contribution in [0, 0.1) is 0 Å². The fraction of sp³-hybridized carbons (Fsp3) is 0.444. The van der Waals surface area contributed by atoms with E-state index in [0.717, 1.165) is 25.1 Å². The highest BCUT2D eigenvalue weighted by molar-refractivity contribution is 5.93. The quantitative estimate of drug-likeness (QED) is 0.687. The molecule has 1 rings (SSSR count). The number of amides is 2. The number of rotatable bonds is 9. The molecular formula is C18H27N3O2. The van der Waals surface area contributed by atoms with Gasteiger partial charge in [0.1, 0.15) is 0 Å². The van der Waals surface area contributed by atoms with E-state index in [4.69, 9.17) is 0 Å². The number of hydrogen-bond donors (Lipinski definition) is 2. The van der Waals surface area contributed by atoms with Crippen molar-refractivity contribution >= 4 is 23.2 Å². The fourth-order valence-electron chi connectivity index (χ4n) is 2.35. The Morgan fingerprint density at radius 3 is 2.26 bits per heavy atom. The van der Waals surface area contributed by atoms with Crippen molar-refractivity contribution in [2.75, 3.05) is 23.7 Å². The van der Waals surface area contributed by atoms with E-state index >= 15 is 0 Å². The number of nitrogens with zero attached hydrogens (tertiary/aromatic N) is 1. The SMILES string of the molecule is C=CCCC(C)N(CC)CC(=O)Nc1ccc(NC(C)=O)cc1. The third-order valence-electron chi connectivity index (χ3n) is 3.65. The summed E-state index contributed by atoms with van der Waals surface area (Å²) in [4.78, 5) is 25.3. The highest BCUT2D eigenvalue weighted by Crippen LogP contribution is 2.14. The van der Waals surface area contributed by atoms with Gasteiger partial charge in [-0.2, -0.15) is 0 Å². The molecule has 0 aromatic heterocycles. The summed E-state index contributed by atoms with van der Waals surface area (Å²) in [6.45, 7) is 10.6. The molecule has 1 unspecified atom stereocenters. The summed E-state index contributed by atoms with van der Waals surface area (Å²) in [5, 5.41) is 5.58. The van der Waals surface area contributed by atoms with Gasteiger partial charge in [0.05, 0.1) is 6.54 Å². The van der Waals surface area contributed by atoms with Crippen molar-refractivity contribution in [1.82, 2.24) is 4.90 Å². The fourth-order valence-corrected chi connectivity index (χ4v) is 2.35. The molecule has 23 heavy (non-hydrogen) atoms. The van der Waals surface area contributed by atoms with E-state index in [2.05, 4.69) is 36.0 Å². The predicted octanol–water partition coefficient (Wildman–Crippen LogP) is 3.26. The number of likely N-dealkylation sites (N-methyl/N-ethyl adjacent to an activating group) is 1. The van der Waals surface area contributed by atoms with Crippen LogP contribution in [0.3, 0.4) is 0 Å². The molecule has 1 aromatic rings. The number of carbonyl (C=O) groups is 2. The Balaban J connectivity index is 2.54. The van der Waals surface area contributed by atoms with Crippen LogP contribution in [0.4, 0.5) is 11.4 Å². The lowest BCUT2D eigenvalue weighted by Gasteiger charge is -2.26. The van der Waals surface area contributed by atoms with E-state index in [9.17, 15) is 9.59 Å². The first-order valence-electron chi connectivity index (χ1n) is 7.98. The maximum absolute atomic E-state index is 12.2. The van der Waals surface area contributed by atoms with Gasteiger partial charge in [-0.25, -0.2) is 0 Å². The van der Waals surface area contributed by atoms with Crippen molar-refractivity contribution in [1.29, 1.82) is 0 Å². The van der Waals surface area contributed by atoms with Gasteiger partial charge in [-0.15, -0.1) is 6.58 Å². The first-order valence-corrected chi connectivity index (χ1v) is 7.98. The number of hydrogen-bond acceptors (Lipinski definition) is 3. The number of allylic oxidation sites excluding steroid dienone is 1. The molecule has 5 heteroatoms. The van der Waals surface area contributed by atoms with Crippen LogP contribution < -0.4 is 10.6 Å². The predicted molar refractivity (Wildman–Crippen MR) is 95.5 cm³/mol. The number of anilines is 2. The average molecular weight is 317 g/mol. The summed E-state index contributed by atoms with van der Waals surface area (Å²) in [5.41, 5.74) is 1.43. The molecule has 0 saturated carbocycles. The van der Waals surface area contributed by atoms with Crippen LogP contribution >= 0.6 is 0 Å². The van der Waals surface area contributed by atoms with Crippen LogP contribution in [-0.2, 0) is 9.59 Å². The van der Waals surface area contributed by atoms with E-state index < -0.39 is 0 Å². The van der Waals surface area contributed by atoms with Crippen molar-refractivity contribution in [3.8, 4) is 0 Å². The molecule has 0 saturated heterocycles. The second-order valence-electron chi connectivity index (χ2n) is 5.58. The van der Waals surface area contributed by atoms with E-state index in [1.165, 1.54) is 6.92 Å². The van der Waals surface area contributed by atoms with Crippen LogP contribution in [0.1, 0.15) is 33.6 Å². The maximum Gasteiger partial charge on any atom is 0.238 e. The van der Waals surface area contributed by atoms with Gasteiger partial charge in [0.2, 0.25) is 11.8 Å². The zero-order chi connectivity index (χ0) is 17.2. The average Bonchev–Trinajstić information content (AvgIpc) is 2.51. The third kappa shape index (κ3) is 7.10. The lowest BCUT2D eigenvalue weighted by atomic mass is 10.1. The van der Waals surface area contributed by atoms with Gasteiger partial charge in [0, 0.05) is 24.3 Å². The molecule has 0 aliphatic heterocycles. The lowest BCUT2D eigenvalue weighted by Crippen LogP contribution is -2.39. The van der Waals surface area contributed by atoms with Gasteiger partial charge in [-0.05, 0) is 50.6 Å². The largest absolute Gasteiger partial charge is 0.326 e. The van der Waals surface area contributed by atoms with Crippen molar-refractivity contribution < 1.29 is 9.59 Å². The zero-order valence-electron chi connectivity index (χ0n) is 14.3. The Labute approximate surface area is 138 Å². The minimum absolute atomic E-state index is 0.0374. The molecule has 0 heterocycles. The van der Waals surface area contributed by atoms with E-state index in [-0.39, 0.29) is 11.8 Å². The van der Waals surface area contributed by atoms with Crippen molar-refractivity contribution in [2.45, 2.75) is 39.7 Å².